The lowest BCUT2D eigenvalue weighted by molar-refractivity contribution is -0.137. The molecule has 57 heavy (non-hydrogen) atoms. The average Bonchev–Trinajstić information content (AvgIpc) is 3.20. The number of nitrogens with zero attached hydrogens (tertiary/aromatic N) is 10. The first-order chi connectivity index (χ1) is 27.3. The average molecular weight is 782 g/mol. The molecule has 7 aromatic rings. The molecule has 0 radical (unpaired) electrons. The molecule has 290 valence electrons. The molecule has 0 fully saturated rings. The van der Waals surface area contributed by atoms with Gasteiger partial charge in [-0.3, -0.25) is 0 Å². The predicted octanol–water partition coefficient (Wildman–Crippen LogP) is 10.4. The number of aromatic nitrogens is 6. The van der Waals surface area contributed by atoms with Crippen molar-refractivity contribution >= 4 is 45.7 Å². The molecule has 1 aromatic carbocycles. The van der Waals surface area contributed by atoms with Gasteiger partial charge in [0.25, 0.3) is 5.82 Å². The number of rotatable bonds is 10. The van der Waals surface area contributed by atoms with E-state index in [2.05, 4.69) is 9.97 Å². The number of halogens is 6. The molecule has 0 saturated heterocycles. The molecule has 0 N–H and O–H groups in total. The topological polar surface area (TPSA) is 87.1 Å². The summed E-state index contributed by atoms with van der Waals surface area (Å²) in [5.74, 6) is -1.17. The molecule has 0 amide bonds. The van der Waals surface area contributed by atoms with Gasteiger partial charge in [0, 0.05) is 48.1 Å². The third-order valence-electron chi connectivity index (χ3n) is 9.39. The van der Waals surface area contributed by atoms with Crippen LogP contribution in [0.1, 0.15) is 34.7 Å². The van der Waals surface area contributed by atoms with Gasteiger partial charge in [-0.05, 0) is 104 Å². The lowest BCUT2D eigenvalue weighted by Gasteiger charge is -2.52. The van der Waals surface area contributed by atoms with Gasteiger partial charge < -0.3 is 0 Å². The van der Waals surface area contributed by atoms with Gasteiger partial charge in [0.1, 0.15) is 17.7 Å². The van der Waals surface area contributed by atoms with Gasteiger partial charge >= 0.3 is 12.4 Å². The van der Waals surface area contributed by atoms with E-state index in [1.54, 1.807) is 112 Å². The largest absolute Gasteiger partial charge is 0.420 e. The SMILES string of the molecule is CC[N+](c1ncccc1C)(N(c1ncccc1C)c1ncccc1C)N(c1nccc2ccccc12)N(c1ncccc1C(F)(F)F)c1ncccc1C(F)(F)F. The highest BCUT2D eigenvalue weighted by Crippen LogP contribution is 2.49. The van der Waals surface area contributed by atoms with Crippen LogP contribution in [0.5, 0.6) is 0 Å². The summed E-state index contributed by atoms with van der Waals surface area (Å²) in [6.07, 6.45) is -2.02. The minimum absolute atomic E-state index is 0.0651. The van der Waals surface area contributed by atoms with Crippen LogP contribution in [0.15, 0.2) is 128 Å². The highest BCUT2D eigenvalue weighted by molar-refractivity contribution is 5.94. The Kier molecular flexibility index (Phi) is 10.2. The van der Waals surface area contributed by atoms with Crippen molar-refractivity contribution in [3.63, 3.8) is 0 Å². The van der Waals surface area contributed by atoms with Gasteiger partial charge in [0.2, 0.25) is 5.82 Å². The molecular formula is C41H35F6N10+. The second-order valence-corrected chi connectivity index (χ2v) is 13.0. The summed E-state index contributed by atoms with van der Waals surface area (Å²) in [6.45, 7) is 6.95. The van der Waals surface area contributed by atoms with E-state index < -0.39 is 39.8 Å². The molecule has 6 heterocycles. The summed E-state index contributed by atoms with van der Waals surface area (Å²) < 4.78 is 91.2. The Morgan fingerprint density at radius 3 is 1.44 bits per heavy atom. The molecule has 0 bridgehead atoms. The fourth-order valence-corrected chi connectivity index (χ4v) is 6.87. The molecule has 0 aliphatic rings. The Labute approximate surface area is 323 Å². The van der Waals surface area contributed by atoms with Gasteiger partial charge in [0.05, 0.1) is 0 Å². The summed E-state index contributed by atoms with van der Waals surface area (Å²) in [5, 5.41) is 4.61. The predicted molar refractivity (Wildman–Crippen MR) is 206 cm³/mol. The van der Waals surface area contributed by atoms with Gasteiger partial charge in [-0.25, -0.2) is 29.9 Å². The van der Waals surface area contributed by atoms with E-state index >= 15 is 26.3 Å². The fourth-order valence-electron chi connectivity index (χ4n) is 6.87. The van der Waals surface area contributed by atoms with Gasteiger partial charge in [-0.1, -0.05) is 41.5 Å². The van der Waals surface area contributed by atoms with Crippen LogP contribution in [-0.4, -0.2) is 36.4 Å². The second kappa shape index (κ2) is 15.1. The summed E-state index contributed by atoms with van der Waals surface area (Å²) in [5.41, 5.74) is -0.948. The highest BCUT2D eigenvalue weighted by atomic mass is 19.4. The van der Waals surface area contributed by atoms with Crippen LogP contribution in [0.3, 0.4) is 0 Å². The Morgan fingerprint density at radius 1 is 0.491 bits per heavy atom. The number of hydrogen-bond acceptors (Lipinski definition) is 9. The summed E-state index contributed by atoms with van der Waals surface area (Å²) in [7, 11) is 0. The fraction of sp³-hybridized carbons (Fsp3) is 0.171. The van der Waals surface area contributed by atoms with E-state index in [0.29, 0.717) is 27.5 Å². The van der Waals surface area contributed by atoms with Crippen molar-refractivity contribution < 1.29 is 26.3 Å². The van der Waals surface area contributed by atoms with Crippen molar-refractivity contribution in [3.05, 3.63) is 156 Å². The Bertz CT molecular complexity index is 2440. The van der Waals surface area contributed by atoms with Crippen LogP contribution in [0.2, 0.25) is 0 Å². The van der Waals surface area contributed by atoms with Crippen molar-refractivity contribution in [3.8, 4) is 0 Å². The molecule has 0 spiro atoms. The number of hydrogen-bond donors (Lipinski definition) is 0. The zero-order chi connectivity index (χ0) is 40.5. The van der Waals surface area contributed by atoms with Gasteiger partial charge in [-0.15, -0.1) is 5.01 Å². The standard InChI is InChI=1S/C41H35F6N10/c1-5-57(39-29(4)15-10-25-53-39,55(34-27(2)13-8-21-48-34)35-28(3)14-9-22-49-35)56(36-31-17-7-6-16-30(31)20-26-52-36)54(37-32(40(42,43)44)18-11-23-50-37)38-33(41(45,46)47)19-12-24-51-38/h6-26H,5H2,1-4H3/q+1. The van der Waals surface area contributed by atoms with Crippen molar-refractivity contribution in [2.75, 3.05) is 21.7 Å². The first kappa shape index (κ1) is 38.6. The van der Waals surface area contributed by atoms with E-state index in [1.165, 1.54) is 17.5 Å². The minimum Gasteiger partial charge on any atom is -0.236 e. The van der Waals surface area contributed by atoms with Crippen molar-refractivity contribution in [2.45, 2.75) is 40.0 Å². The van der Waals surface area contributed by atoms with Crippen LogP contribution < -0.4 is 19.8 Å². The number of benzene rings is 1. The molecule has 0 saturated carbocycles. The summed E-state index contributed by atoms with van der Waals surface area (Å²) in [6, 6.07) is 22.7. The summed E-state index contributed by atoms with van der Waals surface area (Å²) >= 11 is 0. The van der Waals surface area contributed by atoms with E-state index in [1.807, 2.05) is 0 Å². The number of aryl methyl sites for hydroxylation is 3. The number of anilines is 5. The molecule has 0 aliphatic heterocycles. The van der Waals surface area contributed by atoms with Crippen LogP contribution in [0.4, 0.5) is 61.2 Å². The number of hydrazine groups is 1. The molecule has 7 rings (SSSR count). The van der Waals surface area contributed by atoms with Crippen LogP contribution in [0, 0.1) is 20.8 Å². The highest BCUT2D eigenvalue weighted by Gasteiger charge is 2.56. The third kappa shape index (κ3) is 6.92. The maximum atomic E-state index is 15.3. The lowest BCUT2D eigenvalue weighted by atomic mass is 10.1. The number of alkyl halides is 6. The maximum absolute atomic E-state index is 15.3. The Morgan fingerprint density at radius 2 is 0.947 bits per heavy atom. The molecule has 10 nitrogen and oxygen atoms in total. The number of pyridine rings is 6. The Balaban J connectivity index is 1.79. The normalized spacial score (nSPS) is 12.9. The second-order valence-electron chi connectivity index (χ2n) is 13.0. The maximum Gasteiger partial charge on any atom is 0.420 e. The van der Waals surface area contributed by atoms with Crippen LogP contribution in [-0.2, 0) is 12.4 Å². The Hall–Kier alpha value is -6.68. The molecule has 1 unspecified atom stereocenters. The molecule has 1 atom stereocenters. The van der Waals surface area contributed by atoms with E-state index in [-0.39, 0.29) is 29.8 Å². The van der Waals surface area contributed by atoms with E-state index in [9.17, 15) is 0 Å². The zero-order valence-electron chi connectivity index (χ0n) is 31.1. The quantitative estimate of drug-likeness (QED) is 0.0765. The molecular weight excluding hydrogens is 747 g/mol. The third-order valence-corrected chi connectivity index (χ3v) is 9.39. The smallest absolute Gasteiger partial charge is 0.236 e. The van der Waals surface area contributed by atoms with Crippen molar-refractivity contribution in [2.24, 2.45) is 0 Å². The van der Waals surface area contributed by atoms with Gasteiger partial charge in [0.15, 0.2) is 23.3 Å². The lowest BCUT2D eigenvalue weighted by Crippen LogP contribution is -2.75. The number of quaternary nitrogens is 1. The first-order valence-electron chi connectivity index (χ1n) is 17.7. The van der Waals surface area contributed by atoms with Crippen molar-refractivity contribution in [1.29, 1.82) is 0 Å². The van der Waals surface area contributed by atoms with Crippen LogP contribution >= 0.6 is 0 Å². The van der Waals surface area contributed by atoms with Crippen molar-refractivity contribution in [1.82, 2.24) is 34.6 Å². The summed E-state index contributed by atoms with van der Waals surface area (Å²) in [4.78, 5) is 27.8. The number of fused-ring (bicyclic) bond motifs is 1. The first-order valence-corrected chi connectivity index (χ1v) is 17.7. The van der Waals surface area contributed by atoms with Gasteiger partial charge in [-0.2, -0.15) is 31.4 Å². The van der Waals surface area contributed by atoms with E-state index in [4.69, 9.17) is 19.9 Å². The minimum atomic E-state index is -5.11. The van der Waals surface area contributed by atoms with E-state index in [0.717, 1.165) is 41.7 Å². The zero-order valence-corrected chi connectivity index (χ0v) is 31.1. The monoisotopic (exact) mass is 781 g/mol. The molecule has 6 aromatic heterocycles. The molecule has 16 heteroatoms. The molecule has 0 aliphatic carbocycles. The van der Waals surface area contributed by atoms with Crippen LogP contribution in [0.25, 0.3) is 10.8 Å².